The summed E-state index contributed by atoms with van der Waals surface area (Å²) in [6.45, 7) is 1.75. The van der Waals surface area contributed by atoms with E-state index in [-0.39, 0.29) is 0 Å². The lowest BCUT2D eigenvalue weighted by Crippen LogP contribution is -2.29. The van der Waals surface area contributed by atoms with Crippen LogP contribution < -0.4 is 5.06 Å². The maximum Gasteiger partial charge on any atom is 0.471 e. The van der Waals surface area contributed by atoms with Gasteiger partial charge >= 0.3 is 12.1 Å². The molecule has 4 nitrogen and oxygen atoms in total. The average molecular weight is 307 g/mol. The third-order valence-corrected chi connectivity index (χ3v) is 3.12. The first kappa shape index (κ1) is 14.4. The first-order chi connectivity index (χ1) is 10.4. The Hall–Kier alpha value is -2.57. The van der Waals surface area contributed by atoms with Gasteiger partial charge in [0.05, 0.1) is 5.69 Å². The van der Waals surface area contributed by atoms with Crippen molar-refractivity contribution in [2.24, 2.45) is 4.99 Å². The second-order valence-electron chi connectivity index (χ2n) is 4.79. The van der Waals surface area contributed by atoms with Crippen molar-refractivity contribution < 1.29 is 18.0 Å². The van der Waals surface area contributed by atoms with Gasteiger partial charge in [-0.05, 0) is 24.6 Å². The van der Waals surface area contributed by atoms with Crippen LogP contribution in [0.15, 0.2) is 53.7 Å². The zero-order valence-corrected chi connectivity index (χ0v) is 11.6. The number of pyridine rings is 1. The number of aliphatic imine (C=N–C) groups is 1. The van der Waals surface area contributed by atoms with Crippen LogP contribution in [-0.2, 0) is 4.84 Å². The number of hydroxylamine groups is 1. The Morgan fingerprint density at radius 2 is 1.86 bits per heavy atom. The van der Waals surface area contributed by atoms with Gasteiger partial charge in [-0.1, -0.05) is 30.3 Å². The molecule has 1 aromatic carbocycles. The molecule has 3 rings (SSSR count). The van der Waals surface area contributed by atoms with Gasteiger partial charge in [0, 0.05) is 11.9 Å². The summed E-state index contributed by atoms with van der Waals surface area (Å²) < 4.78 is 38.8. The van der Waals surface area contributed by atoms with Crippen LogP contribution in [0, 0.1) is 6.92 Å². The molecule has 2 aromatic rings. The first-order valence-corrected chi connectivity index (χ1v) is 6.55. The first-order valence-electron chi connectivity index (χ1n) is 6.55. The summed E-state index contributed by atoms with van der Waals surface area (Å²) in [5, 5.41) is 1.15. The largest absolute Gasteiger partial charge is 0.471 e. The maximum absolute atomic E-state index is 12.9. The van der Waals surface area contributed by atoms with Gasteiger partial charge in [0.25, 0.3) is 0 Å². The lowest BCUT2D eigenvalue weighted by Gasteiger charge is -2.23. The summed E-state index contributed by atoms with van der Waals surface area (Å²) >= 11 is 0. The highest BCUT2D eigenvalue weighted by Crippen LogP contribution is 2.36. The lowest BCUT2D eigenvalue weighted by atomic mass is 10.1. The van der Waals surface area contributed by atoms with E-state index in [2.05, 4.69) is 9.98 Å². The third-order valence-electron chi connectivity index (χ3n) is 3.12. The smallest absolute Gasteiger partial charge is 0.352 e. The van der Waals surface area contributed by atoms with Crippen LogP contribution >= 0.6 is 0 Å². The molecular formula is C15H12F3N3O. The standard InChI is InChI=1S/C15H12F3N3O/c1-10-9-12(7-8-19-10)21-13(11-5-3-2-4-6-11)20-14(22-21)15(16,17)18/h2-9,13H,1H3. The Bertz CT molecular complexity index is 701. The molecule has 1 aromatic heterocycles. The van der Waals surface area contributed by atoms with Crippen LogP contribution in [-0.4, -0.2) is 17.1 Å². The van der Waals surface area contributed by atoms with E-state index in [4.69, 9.17) is 4.84 Å². The van der Waals surface area contributed by atoms with Gasteiger partial charge in [-0.15, -0.1) is 0 Å². The minimum Gasteiger partial charge on any atom is -0.352 e. The quantitative estimate of drug-likeness (QED) is 0.847. The number of anilines is 1. The van der Waals surface area contributed by atoms with Crippen molar-refractivity contribution in [3.8, 4) is 0 Å². The summed E-state index contributed by atoms with van der Waals surface area (Å²) in [7, 11) is 0. The number of nitrogens with zero attached hydrogens (tertiary/aromatic N) is 3. The summed E-state index contributed by atoms with van der Waals surface area (Å²) in [4.78, 5) is 12.7. The fourth-order valence-electron chi connectivity index (χ4n) is 2.15. The van der Waals surface area contributed by atoms with Crippen molar-refractivity contribution in [1.82, 2.24) is 4.98 Å². The number of aryl methyl sites for hydroxylation is 1. The molecule has 0 radical (unpaired) electrons. The predicted octanol–water partition coefficient (Wildman–Crippen LogP) is 3.80. The monoisotopic (exact) mass is 307 g/mol. The highest BCUT2D eigenvalue weighted by atomic mass is 19.4. The van der Waals surface area contributed by atoms with Gasteiger partial charge in [-0.3, -0.25) is 4.98 Å². The normalized spacial score (nSPS) is 18.1. The number of rotatable bonds is 2. The fraction of sp³-hybridized carbons (Fsp3) is 0.200. The molecule has 0 bridgehead atoms. The highest BCUT2D eigenvalue weighted by molar-refractivity contribution is 5.85. The summed E-state index contributed by atoms with van der Waals surface area (Å²) in [5.74, 6) is -1.25. The second-order valence-corrected chi connectivity index (χ2v) is 4.79. The van der Waals surface area contributed by atoms with Crippen LogP contribution in [0.2, 0.25) is 0 Å². The molecule has 0 spiro atoms. The molecule has 1 aliphatic heterocycles. The minimum absolute atomic E-state index is 0.462. The van der Waals surface area contributed by atoms with Gasteiger partial charge in [-0.2, -0.15) is 18.2 Å². The molecule has 0 N–H and O–H groups in total. The van der Waals surface area contributed by atoms with Crippen molar-refractivity contribution in [2.75, 3.05) is 5.06 Å². The molecule has 1 atom stereocenters. The average Bonchev–Trinajstić information content (AvgIpc) is 2.93. The van der Waals surface area contributed by atoms with Gasteiger partial charge in [-0.25, -0.2) is 4.99 Å². The predicted molar refractivity (Wildman–Crippen MR) is 75.2 cm³/mol. The Morgan fingerprint density at radius 3 is 2.50 bits per heavy atom. The SMILES string of the molecule is Cc1cc(N2OC(C(F)(F)F)=NC2c2ccccc2)ccn1. The van der Waals surface area contributed by atoms with Crippen LogP contribution in [0.5, 0.6) is 0 Å². The lowest BCUT2D eigenvalue weighted by molar-refractivity contribution is -0.0766. The highest BCUT2D eigenvalue weighted by Gasteiger charge is 2.46. The number of halogens is 3. The Balaban J connectivity index is 2.02. The Morgan fingerprint density at radius 1 is 1.14 bits per heavy atom. The molecule has 0 fully saturated rings. The number of benzene rings is 1. The zero-order valence-electron chi connectivity index (χ0n) is 11.6. The summed E-state index contributed by atoms with van der Waals surface area (Å²) in [6.07, 6.45) is -4.01. The van der Waals surface area contributed by atoms with E-state index in [9.17, 15) is 13.2 Å². The van der Waals surface area contributed by atoms with Gasteiger partial charge in [0.1, 0.15) is 0 Å². The van der Waals surface area contributed by atoms with E-state index in [0.29, 0.717) is 16.9 Å². The molecule has 1 aliphatic rings. The van der Waals surface area contributed by atoms with E-state index in [0.717, 1.165) is 5.06 Å². The van der Waals surface area contributed by atoms with Gasteiger partial charge in [0.15, 0.2) is 6.17 Å². The zero-order chi connectivity index (χ0) is 15.7. The molecule has 0 saturated carbocycles. The van der Waals surface area contributed by atoms with Crippen molar-refractivity contribution in [2.45, 2.75) is 19.3 Å². The third kappa shape index (κ3) is 2.74. The van der Waals surface area contributed by atoms with E-state index in [1.165, 1.54) is 6.20 Å². The molecule has 0 aliphatic carbocycles. The van der Waals surface area contributed by atoms with Crippen molar-refractivity contribution >= 4 is 11.6 Å². The molecule has 0 amide bonds. The molecule has 22 heavy (non-hydrogen) atoms. The van der Waals surface area contributed by atoms with Crippen LogP contribution in [0.1, 0.15) is 17.4 Å². The number of aromatic nitrogens is 1. The Kier molecular flexibility index (Phi) is 3.48. The molecule has 1 unspecified atom stereocenters. The molecule has 7 heteroatoms. The topological polar surface area (TPSA) is 37.7 Å². The van der Waals surface area contributed by atoms with Gasteiger partial charge in [0.2, 0.25) is 0 Å². The minimum atomic E-state index is -4.64. The van der Waals surface area contributed by atoms with Crippen molar-refractivity contribution in [3.05, 3.63) is 59.9 Å². The maximum atomic E-state index is 12.9. The molecular weight excluding hydrogens is 295 g/mol. The molecule has 114 valence electrons. The van der Waals surface area contributed by atoms with E-state index < -0.39 is 18.2 Å². The van der Waals surface area contributed by atoms with Crippen LogP contribution in [0.3, 0.4) is 0 Å². The Labute approximate surface area is 124 Å². The summed E-state index contributed by atoms with van der Waals surface area (Å²) in [6, 6.07) is 11.9. The van der Waals surface area contributed by atoms with Crippen molar-refractivity contribution in [1.29, 1.82) is 0 Å². The van der Waals surface area contributed by atoms with E-state index in [1.54, 1.807) is 49.4 Å². The van der Waals surface area contributed by atoms with E-state index in [1.807, 2.05) is 0 Å². The second kappa shape index (κ2) is 5.32. The van der Waals surface area contributed by atoms with Crippen LogP contribution in [0.4, 0.5) is 18.9 Å². The number of hydrogen-bond acceptors (Lipinski definition) is 4. The molecule has 2 heterocycles. The van der Waals surface area contributed by atoms with Gasteiger partial charge < -0.3 is 4.84 Å². The number of alkyl halides is 3. The van der Waals surface area contributed by atoms with Crippen molar-refractivity contribution in [3.63, 3.8) is 0 Å². The fourth-order valence-corrected chi connectivity index (χ4v) is 2.15. The summed E-state index contributed by atoms with van der Waals surface area (Å²) in [5.41, 5.74) is 1.74. The molecule has 0 saturated heterocycles. The van der Waals surface area contributed by atoms with E-state index >= 15 is 0 Å². The number of hydrogen-bond donors (Lipinski definition) is 0. The van der Waals surface area contributed by atoms with Crippen LogP contribution in [0.25, 0.3) is 0 Å².